The molecule has 2 aliphatic rings. The summed E-state index contributed by atoms with van der Waals surface area (Å²) in [5.74, 6) is 0. The number of rotatable bonds is 4. The molecule has 0 spiro atoms. The number of para-hydroxylation sites is 1. The van der Waals surface area contributed by atoms with Crippen molar-refractivity contribution in [2.75, 3.05) is 70.5 Å². The van der Waals surface area contributed by atoms with Crippen molar-refractivity contribution >= 4 is 5.69 Å². The lowest BCUT2D eigenvalue weighted by Crippen LogP contribution is -2.49. The number of morpholine rings is 1. The first-order chi connectivity index (χ1) is 9.92. The zero-order chi connectivity index (χ0) is 13.6. The van der Waals surface area contributed by atoms with E-state index in [1.54, 1.807) is 0 Å². The predicted molar refractivity (Wildman–Crippen MR) is 82.4 cm³/mol. The molecule has 4 nitrogen and oxygen atoms in total. The minimum absolute atomic E-state index is 0.905. The average Bonchev–Trinajstić information content (AvgIpc) is 2.55. The molecule has 0 bridgehead atoms. The monoisotopic (exact) mass is 275 g/mol. The summed E-state index contributed by atoms with van der Waals surface area (Å²) in [5, 5.41) is 0. The molecule has 0 N–H and O–H groups in total. The van der Waals surface area contributed by atoms with Gasteiger partial charge < -0.3 is 9.64 Å². The molecule has 2 heterocycles. The van der Waals surface area contributed by atoms with E-state index < -0.39 is 0 Å². The van der Waals surface area contributed by atoms with Crippen LogP contribution in [0, 0.1) is 0 Å². The third kappa shape index (κ3) is 3.72. The van der Waals surface area contributed by atoms with Crippen molar-refractivity contribution < 1.29 is 4.74 Å². The first kappa shape index (κ1) is 13.9. The van der Waals surface area contributed by atoms with E-state index in [1.807, 2.05) is 0 Å². The van der Waals surface area contributed by atoms with Crippen LogP contribution in [-0.4, -0.2) is 75.4 Å². The minimum Gasteiger partial charge on any atom is -0.379 e. The molecule has 0 amide bonds. The maximum Gasteiger partial charge on any atom is 0.0594 e. The van der Waals surface area contributed by atoms with Gasteiger partial charge in [0.25, 0.3) is 0 Å². The van der Waals surface area contributed by atoms with Gasteiger partial charge in [-0.15, -0.1) is 0 Å². The van der Waals surface area contributed by atoms with E-state index in [0.29, 0.717) is 0 Å². The van der Waals surface area contributed by atoms with Gasteiger partial charge in [-0.2, -0.15) is 0 Å². The second kappa shape index (κ2) is 7.07. The molecule has 0 aliphatic carbocycles. The highest BCUT2D eigenvalue weighted by atomic mass is 16.5. The molecule has 0 radical (unpaired) electrons. The first-order valence-corrected chi connectivity index (χ1v) is 7.74. The maximum atomic E-state index is 5.39. The van der Waals surface area contributed by atoms with Crippen LogP contribution in [0.4, 0.5) is 5.69 Å². The van der Waals surface area contributed by atoms with Crippen molar-refractivity contribution in [1.82, 2.24) is 9.80 Å². The Labute approximate surface area is 121 Å². The standard InChI is InChI=1S/C16H25N3O/c1-2-4-16(5-3-1)19-10-8-17(9-11-19)6-7-18-12-14-20-15-13-18/h1-5H,6-15H2. The second-order valence-electron chi connectivity index (χ2n) is 5.62. The number of ether oxygens (including phenoxy) is 1. The van der Waals surface area contributed by atoms with Gasteiger partial charge in [-0.3, -0.25) is 9.80 Å². The van der Waals surface area contributed by atoms with Crippen molar-refractivity contribution in [2.24, 2.45) is 0 Å². The van der Waals surface area contributed by atoms with Crippen molar-refractivity contribution in [1.29, 1.82) is 0 Å². The highest BCUT2D eigenvalue weighted by Crippen LogP contribution is 2.15. The summed E-state index contributed by atoms with van der Waals surface area (Å²) < 4.78 is 5.39. The van der Waals surface area contributed by atoms with Gasteiger partial charge in [-0.25, -0.2) is 0 Å². The lowest BCUT2D eigenvalue weighted by Gasteiger charge is -2.37. The van der Waals surface area contributed by atoms with Gasteiger partial charge in [-0.1, -0.05) is 18.2 Å². The number of piperazine rings is 1. The Hall–Kier alpha value is -1.10. The molecule has 110 valence electrons. The van der Waals surface area contributed by atoms with E-state index >= 15 is 0 Å². The van der Waals surface area contributed by atoms with Crippen LogP contribution >= 0.6 is 0 Å². The van der Waals surface area contributed by atoms with Crippen LogP contribution in [0.25, 0.3) is 0 Å². The molecule has 1 aromatic rings. The van der Waals surface area contributed by atoms with Crippen LogP contribution < -0.4 is 4.90 Å². The Kier molecular flexibility index (Phi) is 4.90. The van der Waals surface area contributed by atoms with Gasteiger partial charge in [0.05, 0.1) is 13.2 Å². The molecule has 0 aromatic heterocycles. The van der Waals surface area contributed by atoms with E-state index in [4.69, 9.17) is 4.74 Å². The Morgan fingerprint density at radius 2 is 1.35 bits per heavy atom. The summed E-state index contributed by atoms with van der Waals surface area (Å²) >= 11 is 0. The van der Waals surface area contributed by atoms with Crippen molar-refractivity contribution in [2.45, 2.75) is 0 Å². The number of hydrogen-bond donors (Lipinski definition) is 0. The molecule has 2 aliphatic heterocycles. The third-order valence-corrected chi connectivity index (χ3v) is 4.33. The zero-order valence-corrected chi connectivity index (χ0v) is 12.2. The normalized spacial score (nSPS) is 22.1. The Balaban J connectivity index is 1.40. The van der Waals surface area contributed by atoms with E-state index in [2.05, 4.69) is 45.0 Å². The topological polar surface area (TPSA) is 19.0 Å². The average molecular weight is 275 g/mol. The summed E-state index contributed by atoms with van der Waals surface area (Å²) in [4.78, 5) is 7.60. The summed E-state index contributed by atoms with van der Waals surface area (Å²) in [6.07, 6.45) is 0. The molecule has 0 atom stereocenters. The molecule has 2 saturated heterocycles. The largest absolute Gasteiger partial charge is 0.379 e. The highest BCUT2D eigenvalue weighted by molar-refractivity contribution is 5.46. The Bertz CT molecular complexity index is 384. The van der Waals surface area contributed by atoms with E-state index in [-0.39, 0.29) is 0 Å². The van der Waals surface area contributed by atoms with Gasteiger partial charge in [0, 0.05) is 58.0 Å². The van der Waals surface area contributed by atoms with Gasteiger partial charge >= 0.3 is 0 Å². The lowest BCUT2D eigenvalue weighted by atomic mass is 10.2. The van der Waals surface area contributed by atoms with Crippen LogP contribution in [0.3, 0.4) is 0 Å². The third-order valence-electron chi connectivity index (χ3n) is 4.33. The smallest absolute Gasteiger partial charge is 0.0594 e. The van der Waals surface area contributed by atoms with Crippen molar-refractivity contribution in [3.05, 3.63) is 30.3 Å². The Morgan fingerprint density at radius 3 is 2.00 bits per heavy atom. The van der Waals surface area contributed by atoms with E-state index in [9.17, 15) is 0 Å². The quantitative estimate of drug-likeness (QED) is 0.820. The fourth-order valence-electron chi connectivity index (χ4n) is 2.98. The van der Waals surface area contributed by atoms with E-state index in [1.165, 1.54) is 31.9 Å². The maximum absolute atomic E-state index is 5.39. The number of nitrogens with zero attached hydrogens (tertiary/aromatic N) is 3. The first-order valence-electron chi connectivity index (χ1n) is 7.74. The molecule has 20 heavy (non-hydrogen) atoms. The second-order valence-corrected chi connectivity index (χ2v) is 5.62. The van der Waals surface area contributed by atoms with E-state index in [0.717, 1.165) is 39.4 Å². The molecule has 4 heteroatoms. The molecular formula is C16H25N3O. The molecule has 1 aromatic carbocycles. The number of benzene rings is 1. The molecular weight excluding hydrogens is 250 g/mol. The summed E-state index contributed by atoms with van der Waals surface area (Å²) in [6, 6.07) is 10.8. The van der Waals surface area contributed by atoms with Crippen LogP contribution in [0.1, 0.15) is 0 Å². The SMILES string of the molecule is c1ccc(N2CCN(CCN3CCOCC3)CC2)cc1. The zero-order valence-electron chi connectivity index (χ0n) is 12.2. The van der Waals surface area contributed by atoms with Crippen molar-refractivity contribution in [3.8, 4) is 0 Å². The Morgan fingerprint density at radius 1 is 0.750 bits per heavy atom. The fraction of sp³-hybridized carbons (Fsp3) is 0.625. The number of anilines is 1. The fourth-order valence-corrected chi connectivity index (χ4v) is 2.98. The molecule has 2 fully saturated rings. The summed E-state index contributed by atoms with van der Waals surface area (Å²) in [7, 11) is 0. The van der Waals surface area contributed by atoms with Crippen LogP contribution in [-0.2, 0) is 4.74 Å². The van der Waals surface area contributed by atoms with Crippen LogP contribution in [0.5, 0.6) is 0 Å². The van der Waals surface area contributed by atoms with Crippen LogP contribution in [0.2, 0.25) is 0 Å². The predicted octanol–water partition coefficient (Wildman–Crippen LogP) is 1.14. The van der Waals surface area contributed by atoms with Gasteiger partial charge in [0.1, 0.15) is 0 Å². The molecule has 0 unspecified atom stereocenters. The van der Waals surface area contributed by atoms with Gasteiger partial charge in [-0.05, 0) is 12.1 Å². The highest BCUT2D eigenvalue weighted by Gasteiger charge is 2.18. The summed E-state index contributed by atoms with van der Waals surface area (Å²) in [5.41, 5.74) is 1.36. The van der Waals surface area contributed by atoms with Gasteiger partial charge in [0.15, 0.2) is 0 Å². The van der Waals surface area contributed by atoms with Gasteiger partial charge in [0.2, 0.25) is 0 Å². The van der Waals surface area contributed by atoms with Crippen molar-refractivity contribution in [3.63, 3.8) is 0 Å². The van der Waals surface area contributed by atoms with Crippen LogP contribution in [0.15, 0.2) is 30.3 Å². The molecule has 0 saturated carbocycles. The molecule has 3 rings (SSSR count). The minimum atomic E-state index is 0.905. The summed E-state index contributed by atoms with van der Waals surface area (Å²) in [6.45, 7) is 11.0. The number of hydrogen-bond acceptors (Lipinski definition) is 4. The lowest BCUT2D eigenvalue weighted by molar-refractivity contribution is 0.0331.